The maximum absolute atomic E-state index is 14.0. The number of piperazine rings is 1. The highest BCUT2D eigenvalue weighted by molar-refractivity contribution is 6.30. The summed E-state index contributed by atoms with van der Waals surface area (Å²) in [6.07, 6.45) is 1.06. The largest absolute Gasteiger partial charge is 0.309 e. The van der Waals surface area contributed by atoms with Crippen LogP contribution in [0.4, 0.5) is 4.39 Å². The summed E-state index contributed by atoms with van der Waals surface area (Å²) in [7, 11) is 0. The third-order valence-electron chi connectivity index (χ3n) is 4.69. The molecule has 2 atom stereocenters. The van der Waals surface area contributed by atoms with Gasteiger partial charge in [0.2, 0.25) is 0 Å². The highest BCUT2D eigenvalue weighted by Gasteiger charge is 2.35. The van der Waals surface area contributed by atoms with E-state index in [0.29, 0.717) is 29.1 Å². The van der Waals surface area contributed by atoms with Gasteiger partial charge in [0.05, 0.1) is 0 Å². The van der Waals surface area contributed by atoms with Crippen LogP contribution in [-0.2, 0) is 6.54 Å². The van der Waals surface area contributed by atoms with E-state index in [1.807, 2.05) is 0 Å². The van der Waals surface area contributed by atoms with Crippen LogP contribution in [0.5, 0.6) is 0 Å². The van der Waals surface area contributed by atoms with Crippen molar-refractivity contribution in [1.82, 2.24) is 10.2 Å². The van der Waals surface area contributed by atoms with Crippen molar-refractivity contribution < 1.29 is 4.39 Å². The number of nitrogens with one attached hydrogen (secondary N) is 1. The van der Waals surface area contributed by atoms with Gasteiger partial charge in [-0.05, 0) is 37.5 Å². The van der Waals surface area contributed by atoms with E-state index >= 15 is 0 Å². The lowest BCUT2D eigenvalue weighted by Gasteiger charge is -2.47. The van der Waals surface area contributed by atoms with Crippen molar-refractivity contribution in [2.75, 3.05) is 13.1 Å². The Morgan fingerprint density at radius 3 is 2.81 bits per heavy atom. The number of hydrogen-bond acceptors (Lipinski definition) is 2. The van der Waals surface area contributed by atoms with Gasteiger partial charge in [-0.1, -0.05) is 32.4 Å². The van der Waals surface area contributed by atoms with Crippen molar-refractivity contribution >= 4 is 11.6 Å². The van der Waals surface area contributed by atoms with Gasteiger partial charge in [0.1, 0.15) is 5.82 Å². The van der Waals surface area contributed by atoms with Crippen LogP contribution < -0.4 is 5.32 Å². The Hall–Kier alpha value is -0.640. The second kappa shape index (κ2) is 6.64. The molecule has 1 aromatic rings. The van der Waals surface area contributed by atoms with Crippen molar-refractivity contribution in [3.05, 3.63) is 34.6 Å². The summed E-state index contributed by atoms with van der Waals surface area (Å²) in [5.74, 6) is 0.361. The normalized spacial score (nSPS) is 27.3. The first-order valence-electron chi connectivity index (χ1n) is 7.77. The first kappa shape index (κ1) is 16.7. The van der Waals surface area contributed by atoms with Gasteiger partial charge in [0, 0.05) is 41.8 Å². The van der Waals surface area contributed by atoms with E-state index in [2.05, 4.69) is 37.9 Å². The molecule has 1 aliphatic rings. The van der Waals surface area contributed by atoms with E-state index < -0.39 is 0 Å². The zero-order valence-electron chi connectivity index (χ0n) is 13.4. The first-order chi connectivity index (χ1) is 9.84. The second-order valence-electron chi connectivity index (χ2n) is 6.75. The Bertz CT molecular complexity index is 492. The number of nitrogens with zero attached hydrogens (tertiary/aromatic N) is 1. The summed E-state index contributed by atoms with van der Waals surface area (Å²) in [5.41, 5.74) is 0.786. The first-order valence-corrected chi connectivity index (χ1v) is 8.15. The van der Waals surface area contributed by atoms with E-state index in [1.54, 1.807) is 12.1 Å². The van der Waals surface area contributed by atoms with Gasteiger partial charge in [0.15, 0.2) is 0 Å². The molecule has 2 rings (SSSR count). The molecule has 0 aliphatic carbocycles. The Balaban J connectivity index is 2.22. The molecular weight excluding hydrogens is 287 g/mol. The molecule has 1 aliphatic heterocycles. The average molecular weight is 313 g/mol. The van der Waals surface area contributed by atoms with Crippen LogP contribution in [0.15, 0.2) is 18.2 Å². The van der Waals surface area contributed by atoms with Gasteiger partial charge in [-0.25, -0.2) is 4.39 Å². The standard InChI is InChI=1S/C17H26ClFN2/c1-5-17(4)11-21(16(9-20-17)12(2)3)10-13-8-14(18)6-7-15(13)19/h6-8,12,16,20H,5,9-11H2,1-4H3. The number of benzene rings is 1. The molecule has 4 heteroatoms. The van der Waals surface area contributed by atoms with Crippen molar-refractivity contribution in [2.45, 2.75) is 52.2 Å². The Morgan fingerprint density at radius 2 is 2.19 bits per heavy atom. The van der Waals surface area contributed by atoms with Crippen LogP contribution in [0.25, 0.3) is 0 Å². The fraction of sp³-hybridized carbons (Fsp3) is 0.647. The topological polar surface area (TPSA) is 15.3 Å². The van der Waals surface area contributed by atoms with E-state index in [9.17, 15) is 4.39 Å². The van der Waals surface area contributed by atoms with Crippen LogP contribution in [0.1, 0.15) is 39.7 Å². The lowest BCUT2D eigenvalue weighted by molar-refractivity contribution is 0.0530. The average Bonchev–Trinajstić information content (AvgIpc) is 2.43. The second-order valence-corrected chi connectivity index (χ2v) is 7.18. The SMILES string of the molecule is CCC1(C)CN(Cc2cc(Cl)ccc2F)C(C(C)C)CN1. The molecule has 1 N–H and O–H groups in total. The molecule has 1 saturated heterocycles. The van der Waals surface area contributed by atoms with Gasteiger partial charge < -0.3 is 5.32 Å². The molecule has 21 heavy (non-hydrogen) atoms. The Morgan fingerprint density at radius 1 is 1.48 bits per heavy atom. The highest BCUT2D eigenvalue weighted by atomic mass is 35.5. The maximum Gasteiger partial charge on any atom is 0.127 e. The van der Waals surface area contributed by atoms with Crippen molar-refractivity contribution in [2.24, 2.45) is 5.92 Å². The minimum atomic E-state index is -0.168. The third kappa shape index (κ3) is 3.97. The minimum Gasteiger partial charge on any atom is -0.309 e. The van der Waals surface area contributed by atoms with E-state index in [4.69, 9.17) is 11.6 Å². The third-order valence-corrected chi connectivity index (χ3v) is 4.93. The van der Waals surface area contributed by atoms with Crippen LogP contribution in [-0.4, -0.2) is 29.6 Å². The van der Waals surface area contributed by atoms with Gasteiger partial charge in [-0.15, -0.1) is 0 Å². The van der Waals surface area contributed by atoms with Gasteiger partial charge in [-0.3, -0.25) is 4.90 Å². The van der Waals surface area contributed by atoms with Crippen molar-refractivity contribution in [3.8, 4) is 0 Å². The molecule has 0 spiro atoms. The summed E-state index contributed by atoms with van der Waals surface area (Å²) in [5, 5.41) is 4.25. The lowest BCUT2D eigenvalue weighted by atomic mass is 9.89. The molecule has 118 valence electrons. The summed E-state index contributed by atoms with van der Waals surface area (Å²) >= 11 is 6.02. The molecule has 1 fully saturated rings. The Kier molecular flexibility index (Phi) is 5.29. The molecular formula is C17H26ClFN2. The smallest absolute Gasteiger partial charge is 0.127 e. The lowest BCUT2D eigenvalue weighted by Crippen LogP contribution is -2.63. The van der Waals surface area contributed by atoms with Crippen LogP contribution in [0, 0.1) is 11.7 Å². The predicted molar refractivity (Wildman–Crippen MR) is 87.1 cm³/mol. The Labute approximate surface area is 132 Å². The predicted octanol–water partition coefficient (Wildman–Crippen LogP) is 4.08. The molecule has 0 aromatic heterocycles. The van der Waals surface area contributed by atoms with Gasteiger partial charge in [0.25, 0.3) is 0 Å². The zero-order valence-corrected chi connectivity index (χ0v) is 14.2. The number of halogens is 2. The maximum atomic E-state index is 14.0. The highest BCUT2D eigenvalue weighted by Crippen LogP contribution is 2.26. The molecule has 0 radical (unpaired) electrons. The molecule has 0 bridgehead atoms. The quantitative estimate of drug-likeness (QED) is 0.901. The molecule has 2 unspecified atom stereocenters. The van der Waals surface area contributed by atoms with Gasteiger partial charge in [-0.2, -0.15) is 0 Å². The van der Waals surface area contributed by atoms with Crippen LogP contribution in [0.3, 0.4) is 0 Å². The summed E-state index contributed by atoms with van der Waals surface area (Å²) < 4.78 is 14.0. The minimum absolute atomic E-state index is 0.0977. The fourth-order valence-electron chi connectivity index (χ4n) is 3.05. The van der Waals surface area contributed by atoms with Gasteiger partial charge >= 0.3 is 0 Å². The summed E-state index contributed by atoms with van der Waals surface area (Å²) in [6, 6.07) is 5.24. The number of rotatable bonds is 4. The van der Waals surface area contributed by atoms with Crippen molar-refractivity contribution in [3.63, 3.8) is 0 Å². The number of hydrogen-bond donors (Lipinski definition) is 1. The van der Waals surface area contributed by atoms with E-state index in [-0.39, 0.29) is 11.4 Å². The summed E-state index contributed by atoms with van der Waals surface area (Å²) in [4.78, 5) is 2.40. The molecule has 0 amide bonds. The monoisotopic (exact) mass is 312 g/mol. The van der Waals surface area contributed by atoms with E-state index in [0.717, 1.165) is 19.5 Å². The molecule has 1 heterocycles. The van der Waals surface area contributed by atoms with Crippen LogP contribution >= 0.6 is 11.6 Å². The van der Waals surface area contributed by atoms with Crippen molar-refractivity contribution in [1.29, 1.82) is 0 Å². The fourth-order valence-corrected chi connectivity index (χ4v) is 3.25. The molecule has 0 saturated carbocycles. The summed E-state index contributed by atoms with van der Waals surface area (Å²) in [6.45, 7) is 11.4. The molecule has 1 aromatic carbocycles. The van der Waals surface area contributed by atoms with E-state index in [1.165, 1.54) is 6.07 Å². The van der Waals surface area contributed by atoms with Crippen LogP contribution in [0.2, 0.25) is 5.02 Å². The zero-order chi connectivity index (χ0) is 15.6. The molecule has 2 nitrogen and oxygen atoms in total.